The lowest BCUT2D eigenvalue weighted by Crippen LogP contribution is -2.38. The van der Waals surface area contributed by atoms with Gasteiger partial charge in [-0.2, -0.15) is 10.2 Å². The number of aryl methyl sites for hydroxylation is 1. The summed E-state index contributed by atoms with van der Waals surface area (Å²) in [4.78, 5) is 19.1. The van der Waals surface area contributed by atoms with E-state index in [0.717, 1.165) is 19.4 Å². The van der Waals surface area contributed by atoms with Crippen LogP contribution in [-0.2, 0) is 7.05 Å². The molecule has 1 atom stereocenters. The number of amides is 1. The second-order valence-corrected chi connectivity index (χ2v) is 6.71. The number of β-amino-alcohol motifs (C(OH)–C–C–N with tert-alkyl or cyclic N) is 1. The molecule has 0 unspecified atom stereocenters. The van der Waals surface area contributed by atoms with Crippen molar-refractivity contribution in [3.63, 3.8) is 0 Å². The van der Waals surface area contributed by atoms with Crippen LogP contribution in [0.2, 0.25) is 0 Å². The number of carbonyl (C=O) groups is 1. The van der Waals surface area contributed by atoms with E-state index in [2.05, 4.69) is 20.5 Å². The Balaban J connectivity index is 1.63. The third-order valence-electron chi connectivity index (χ3n) is 4.63. The smallest absolute Gasteiger partial charge is 0.284 e. The Bertz CT molecular complexity index is 1020. The molecule has 2 N–H and O–H groups in total. The quantitative estimate of drug-likeness (QED) is 0.701. The van der Waals surface area contributed by atoms with E-state index in [9.17, 15) is 18.7 Å². The number of piperidine rings is 1. The molecule has 1 aliphatic rings. The summed E-state index contributed by atoms with van der Waals surface area (Å²) in [7, 11) is 1.50. The average Bonchev–Trinajstić information content (AvgIpc) is 3.24. The molecule has 0 aliphatic carbocycles. The maximum atomic E-state index is 13.1. The zero-order valence-corrected chi connectivity index (χ0v) is 15.1. The van der Waals surface area contributed by atoms with Crippen LogP contribution in [0.5, 0.6) is 0 Å². The monoisotopic (exact) mass is 391 g/mol. The number of hydrogen-bond donors (Lipinski definition) is 2. The molecule has 0 radical (unpaired) electrons. The van der Waals surface area contributed by atoms with Crippen LogP contribution in [0.4, 0.5) is 20.3 Å². The van der Waals surface area contributed by atoms with Gasteiger partial charge in [0.15, 0.2) is 11.3 Å². The number of fused-ring (bicyclic) bond motifs is 1. The number of aromatic nitrogens is 5. The van der Waals surface area contributed by atoms with Crippen LogP contribution in [0.3, 0.4) is 0 Å². The number of hydrogen-bond acceptors (Lipinski definition) is 6. The van der Waals surface area contributed by atoms with Gasteiger partial charge in [-0.05, 0) is 18.9 Å². The van der Waals surface area contributed by atoms with Crippen molar-refractivity contribution >= 4 is 23.1 Å². The first-order chi connectivity index (χ1) is 13.4. The van der Waals surface area contributed by atoms with Gasteiger partial charge in [-0.3, -0.25) is 9.48 Å². The highest BCUT2D eigenvalue weighted by atomic mass is 19.3. The normalized spacial score (nSPS) is 17.5. The number of nitrogens with one attached hydrogen (secondary N) is 1. The lowest BCUT2D eigenvalue weighted by Gasteiger charge is -2.30. The second-order valence-electron chi connectivity index (χ2n) is 6.71. The molecule has 28 heavy (non-hydrogen) atoms. The molecule has 4 rings (SSSR count). The number of anilines is 2. The van der Waals surface area contributed by atoms with Crippen molar-refractivity contribution < 1.29 is 18.7 Å². The van der Waals surface area contributed by atoms with Crippen molar-refractivity contribution in [3.8, 4) is 0 Å². The largest absolute Gasteiger partial charge is 0.391 e. The zero-order chi connectivity index (χ0) is 19.8. The Morgan fingerprint density at radius 2 is 2.25 bits per heavy atom. The third-order valence-corrected chi connectivity index (χ3v) is 4.63. The lowest BCUT2D eigenvalue weighted by atomic mass is 10.1. The highest BCUT2D eigenvalue weighted by Gasteiger charge is 2.23. The van der Waals surface area contributed by atoms with E-state index < -0.39 is 24.1 Å². The zero-order valence-electron chi connectivity index (χ0n) is 15.1. The maximum Gasteiger partial charge on any atom is 0.284 e. The van der Waals surface area contributed by atoms with E-state index in [1.807, 2.05) is 4.90 Å². The predicted molar refractivity (Wildman–Crippen MR) is 96.6 cm³/mol. The van der Waals surface area contributed by atoms with E-state index in [1.54, 1.807) is 12.3 Å². The van der Waals surface area contributed by atoms with Gasteiger partial charge in [0.25, 0.3) is 12.3 Å². The summed E-state index contributed by atoms with van der Waals surface area (Å²) in [5.41, 5.74) is -0.0959. The Labute approximate surface area is 158 Å². The molecule has 9 nitrogen and oxygen atoms in total. The average molecular weight is 391 g/mol. The van der Waals surface area contributed by atoms with Gasteiger partial charge in [0, 0.05) is 32.5 Å². The number of nitrogens with zero attached hydrogens (tertiary/aromatic N) is 6. The maximum absolute atomic E-state index is 13.1. The van der Waals surface area contributed by atoms with Crippen LogP contribution >= 0.6 is 0 Å². The summed E-state index contributed by atoms with van der Waals surface area (Å²) in [6.45, 7) is 1.22. The van der Waals surface area contributed by atoms with Crippen LogP contribution < -0.4 is 10.2 Å². The second kappa shape index (κ2) is 7.15. The molecule has 0 aromatic carbocycles. The summed E-state index contributed by atoms with van der Waals surface area (Å²) in [5.74, 6) is 0.0173. The van der Waals surface area contributed by atoms with E-state index in [4.69, 9.17) is 0 Å². The molecule has 3 aromatic rings. The molecule has 4 heterocycles. The van der Waals surface area contributed by atoms with Crippen LogP contribution in [-0.4, -0.2) is 54.6 Å². The first-order valence-electron chi connectivity index (χ1n) is 8.83. The standard InChI is InChI=1S/C17H19F2N7O2/c1-24-9-12(14(23-24)15(18)19)21-17(28)11-7-20-26-6-4-13(22-16(11)26)25-5-2-3-10(27)8-25/h4,6-7,9-10,15,27H,2-3,5,8H2,1H3,(H,21,28)/t10-/m0/s1. The first kappa shape index (κ1) is 18.3. The summed E-state index contributed by atoms with van der Waals surface area (Å²) in [6.07, 6.45) is 2.69. The molecule has 1 saturated heterocycles. The summed E-state index contributed by atoms with van der Waals surface area (Å²) < 4.78 is 28.8. The minimum atomic E-state index is -2.81. The van der Waals surface area contributed by atoms with Crippen LogP contribution in [0, 0.1) is 0 Å². The van der Waals surface area contributed by atoms with Crippen molar-refractivity contribution in [2.75, 3.05) is 23.3 Å². The number of aliphatic hydroxyl groups is 1. The Kier molecular flexibility index (Phi) is 4.67. The number of aliphatic hydroxyl groups excluding tert-OH is 1. The van der Waals surface area contributed by atoms with Crippen molar-refractivity contribution in [2.45, 2.75) is 25.4 Å². The van der Waals surface area contributed by atoms with Crippen LogP contribution in [0.15, 0.2) is 24.7 Å². The van der Waals surface area contributed by atoms with Crippen molar-refractivity contribution in [3.05, 3.63) is 35.9 Å². The molecule has 0 bridgehead atoms. The Hall–Kier alpha value is -3.08. The number of carbonyl (C=O) groups excluding carboxylic acids is 1. The molecule has 148 valence electrons. The Morgan fingerprint density at radius 3 is 3.00 bits per heavy atom. The molecular weight excluding hydrogens is 372 g/mol. The van der Waals surface area contributed by atoms with Gasteiger partial charge in [0.1, 0.15) is 11.4 Å². The minimum Gasteiger partial charge on any atom is -0.391 e. The molecule has 11 heteroatoms. The van der Waals surface area contributed by atoms with E-state index >= 15 is 0 Å². The van der Waals surface area contributed by atoms with Gasteiger partial charge in [0.05, 0.1) is 18.0 Å². The third kappa shape index (κ3) is 3.40. The summed E-state index contributed by atoms with van der Waals surface area (Å²) in [5, 5.41) is 20.1. The van der Waals surface area contributed by atoms with E-state index in [0.29, 0.717) is 18.0 Å². The highest BCUT2D eigenvalue weighted by Crippen LogP contribution is 2.26. The summed E-state index contributed by atoms with van der Waals surface area (Å²) in [6, 6.07) is 1.76. The van der Waals surface area contributed by atoms with Gasteiger partial charge < -0.3 is 15.3 Å². The lowest BCUT2D eigenvalue weighted by molar-refractivity contribution is 0.102. The molecular formula is C17H19F2N7O2. The first-order valence-corrected chi connectivity index (χ1v) is 8.83. The summed E-state index contributed by atoms with van der Waals surface area (Å²) >= 11 is 0. The van der Waals surface area contributed by atoms with Gasteiger partial charge in [-0.25, -0.2) is 18.3 Å². The fourth-order valence-corrected chi connectivity index (χ4v) is 3.31. The fraction of sp³-hybridized carbons (Fsp3) is 0.412. The molecule has 1 fully saturated rings. The number of rotatable bonds is 4. The van der Waals surface area contributed by atoms with Crippen LogP contribution in [0.25, 0.3) is 5.65 Å². The predicted octanol–water partition coefficient (Wildman–Crippen LogP) is 1.61. The molecule has 1 aliphatic heterocycles. The van der Waals surface area contributed by atoms with Crippen molar-refractivity contribution in [2.24, 2.45) is 7.05 Å². The fourth-order valence-electron chi connectivity index (χ4n) is 3.31. The molecule has 0 saturated carbocycles. The van der Waals surface area contributed by atoms with Gasteiger partial charge in [-0.15, -0.1) is 0 Å². The van der Waals surface area contributed by atoms with Crippen LogP contribution in [0.1, 0.15) is 35.3 Å². The number of alkyl halides is 2. The van der Waals surface area contributed by atoms with Gasteiger partial charge >= 0.3 is 0 Å². The van der Waals surface area contributed by atoms with Crippen molar-refractivity contribution in [1.29, 1.82) is 0 Å². The van der Waals surface area contributed by atoms with Gasteiger partial charge in [0.2, 0.25) is 0 Å². The topological polar surface area (TPSA) is 101 Å². The van der Waals surface area contributed by atoms with E-state index in [1.165, 1.54) is 28.6 Å². The molecule has 1 amide bonds. The number of halogens is 2. The van der Waals surface area contributed by atoms with Crippen molar-refractivity contribution in [1.82, 2.24) is 24.4 Å². The molecule has 0 spiro atoms. The van der Waals surface area contributed by atoms with Gasteiger partial charge in [-0.1, -0.05) is 0 Å². The highest BCUT2D eigenvalue weighted by molar-refractivity contribution is 6.08. The molecule has 3 aromatic heterocycles. The Morgan fingerprint density at radius 1 is 1.43 bits per heavy atom. The SMILES string of the molecule is Cn1cc(NC(=O)c2cnn3ccc(N4CCC[C@H](O)C4)nc23)c(C(F)F)n1. The minimum absolute atomic E-state index is 0.0582. The van der Waals surface area contributed by atoms with E-state index in [-0.39, 0.29) is 11.3 Å².